The van der Waals surface area contributed by atoms with Crippen LogP contribution in [-0.2, 0) is 5.54 Å². The first-order valence-electron chi connectivity index (χ1n) is 11.2. The van der Waals surface area contributed by atoms with E-state index in [2.05, 4.69) is 116 Å². The minimum absolute atomic E-state index is 0.0886. The zero-order valence-electron chi connectivity index (χ0n) is 18.3. The van der Waals surface area contributed by atoms with Crippen LogP contribution in [0.4, 0.5) is 5.69 Å². The Morgan fingerprint density at radius 3 is 1.76 bits per heavy atom. The van der Waals surface area contributed by atoms with Crippen LogP contribution < -0.4 is 16.0 Å². The molecule has 4 nitrogen and oxygen atoms in total. The van der Waals surface area contributed by atoms with E-state index in [4.69, 9.17) is 0 Å². The molecule has 5 aromatic rings. The summed E-state index contributed by atoms with van der Waals surface area (Å²) in [6.07, 6.45) is 0. The number of benzene rings is 4. The summed E-state index contributed by atoms with van der Waals surface area (Å²) in [7, 11) is 0. The third-order valence-corrected chi connectivity index (χ3v) is 7.24. The number of pyridine rings is 1. The van der Waals surface area contributed by atoms with Gasteiger partial charge in [0.15, 0.2) is 0 Å². The molecular weight excluding hydrogens is 486 g/mol. The lowest BCUT2D eigenvalue weighted by molar-refractivity contribution is 0.499. The van der Waals surface area contributed by atoms with Crippen molar-refractivity contribution in [3.05, 3.63) is 148 Å². The molecule has 34 heavy (non-hydrogen) atoms. The van der Waals surface area contributed by atoms with Crippen molar-refractivity contribution in [2.45, 2.75) is 10.5 Å². The van der Waals surface area contributed by atoms with Crippen LogP contribution >= 0.6 is 15.9 Å². The predicted octanol–water partition coefficient (Wildman–Crippen LogP) is 6.24. The lowest BCUT2D eigenvalue weighted by Gasteiger charge is -2.45. The van der Waals surface area contributed by atoms with Gasteiger partial charge in [0.25, 0.3) is 0 Å². The molecule has 0 radical (unpaired) electrons. The van der Waals surface area contributed by atoms with Crippen molar-refractivity contribution in [2.75, 3.05) is 5.01 Å². The third kappa shape index (κ3) is 3.20. The molecule has 1 aliphatic rings. The van der Waals surface area contributed by atoms with E-state index in [1.807, 2.05) is 24.3 Å². The molecule has 4 aromatic carbocycles. The van der Waals surface area contributed by atoms with E-state index >= 15 is 0 Å². The van der Waals surface area contributed by atoms with Gasteiger partial charge < -0.3 is 4.98 Å². The molecule has 1 aromatic heterocycles. The number of hydrogen-bond donors (Lipinski definition) is 2. The summed E-state index contributed by atoms with van der Waals surface area (Å²) < 4.78 is 0. The maximum absolute atomic E-state index is 12.1. The highest BCUT2D eigenvalue weighted by molar-refractivity contribution is 9.09. The fourth-order valence-corrected chi connectivity index (χ4v) is 5.63. The molecule has 1 atom stereocenters. The predicted molar refractivity (Wildman–Crippen MR) is 141 cm³/mol. The molecule has 2 heterocycles. The quantitative estimate of drug-likeness (QED) is 0.172. The van der Waals surface area contributed by atoms with E-state index in [9.17, 15) is 4.79 Å². The van der Waals surface area contributed by atoms with Crippen molar-refractivity contribution in [2.24, 2.45) is 0 Å². The maximum Gasteiger partial charge on any atom is 0.248 e. The second kappa shape index (κ2) is 8.28. The van der Waals surface area contributed by atoms with Crippen LogP contribution in [0.25, 0.3) is 10.9 Å². The first-order chi connectivity index (χ1) is 16.7. The summed E-state index contributed by atoms with van der Waals surface area (Å²) in [4.78, 5) is 15.0. The second-order valence-corrected chi connectivity index (χ2v) is 9.37. The normalized spacial score (nSPS) is 15.4. The van der Waals surface area contributed by atoms with E-state index in [0.717, 1.165) is 38.8 Å². The van der Waals surface area contributed by atoms with Gasteiger partial charge in [0.1, 0.15) is 10.5 Å². The molecule has 5 heteroatoms. The maximum atomic E-state index is 12.1. The van der Waals surface area contributed by atoms with Crippen molar-refractivity contribution in [3.63, 3.8) is 0 Å². The fraction of sp³-hybridized carbons (Fsp3) is 0.0690. The average Bonchev–Trinajstić information content (AvgIpc) is 3.20. The van der Waals surface area contributed by atoms with E-state index < -0.39 is 5.54 Å². The minimum atomic E-state index is -0.663. The highest BCUT2D eigenvalue weighted by atomic mass is 79.9. The number of nitrogens with zero attached hydrogens (tertiary/aromatic N) is 1. The number of rotatable bonds is 4. The average molecular weight is 508 g/mol. The smallest absolute Gasteiger partial charge is 0.248 e. The zero-order valence-corrected chi connectivity index (χ0v) is 19.9. The van der Waals surface area contributed by atoms with Gasteiger partial charge >= 0.3 is 0 Å². The van der Waals surface area contributed by atoms with Gasteiger partial charge in [0.2, 0.25) is 5.56 Å². The number of hydrogen-bond acceptors (Lipinski definition) is 3. The molecule has 2 N–H and O–H groups in total. The molecule has 1 unspecified atom stereocenters. The van der Waals surface area contributed by atoms with Gasteiger partial charge in [0.05, 0.1) is 11.2 Å². The van der Waals surface area contributed by atoms with Crippen LogP contribution in [0, 0.1) is 0 Å². The Labute approximate surface area is 206 Å². The standard InChI is InChI=1S/C29H22BrN3O/c30-28-24-18-20-16-17-27(34)31-25(20)19-26(24)33(32-28)29(21-10-4-1-5-11-21,22-12-6-2-7-13-22)23-14-8-3-9-15-23/h1-19,28,32H,(H,31,34). The summed E-state index contributed by atoms with van der Waals surface area (Å²) in [6, 6.07) is 39.3. The zero-order chi connectivity index (χ0) is 23.1. The lowest BCUT2D eigenvalue weighted by atomic mass is 9.76. The van der Waals surface area contributed by atoms with Crippen LogP contribution in [0.2, 0.25) is 0 Å². The SMILES string of the molecule is O=c1ccc2cc3c(cc2[nH]1)N(C(c1ccccc1)(c1ccccc1)c1ccccc1)NC3Br. The number of alkyl halides is 1. The van der Waals surface area contributed by atoms with Crippen LogP contribution in [-0.4, -0.2) is 4.98 Å². The van der Waals surface area contributed by atoms with Crippen LogP contribution in [0.3, 0.4) is 0 Å². The van der Waals surface area contributed by atoms with Gasteiger partial charge in [-0.05, 0) is 40.3 Å². The largest absolute Gasteiger partial charge is 0.322 e. The molecular formula is C29H22BrN3O. The fourth-order valence-electron chi connectivity index (χ4n) is 5.06. The van der Waals surface area contributed by atoms with Gasteiger partial charge in [0, 0.05) is 11.6 Å². The number of halogens is 1. The molecule has 1 aliphatic heterocycles. The summed E-state index contributed by atoms with van der Waals surface area (Å²) >= 11 is 3.86. The highest BCUT2D eigenvalue weighted by Gasteiger charge is 2.47. The van der Waals surface area contributed by atoms with E-state index in [0.29, 0.717) is 0 Å². The van der Waals surface area contributed by atoms with Crippen molar-refractivity contribution in [3.8, 4) is 0 Å². The number of fused-ring (bicyclic) bond motifs is 2. The highest BCUT2D eigenvalue weighted by Crippen LogP contribution is 2.50. The number of nitrogens with one attached hydrogen (secondary N) is 2. The Kier molecular flexibility index (Phi) is 5.09. The third-order valence-electron chi connectivity index (χ3n) is 6.54. The Balaban J connectivity index is 1.71. The first kappa shape index (κ1) is 20.9. The summed E-state index contributed by atoms with van der Waals surface area (Å²) in [5, 5.41) is 3.24. The van der Waals surface area contributed by atoms with E-state index in [1.165, 1.54) is 0 Å². The van der Waals surface area contributed by atoms with Gasteiger partial charge in [-0.25, -0.2) is 5.43 Å². The minimum Gasteiger partial charge on any atom is -0.322 e. The molecule has 0 spiro atoms. The number of aromatic amines is 1. The van der Waals surface area contributed by atoms with Crippen molar-refractivity contribution in [1.29, 1.82) is 0 Å². The summed E-state index contributed by atoms with van der Waals surface area (Å²) in [5.41, 5.74) is 9.26. The Morgan fingerprint density at radius 1 is 0.706 bits per heavy atom. The van der Waals surface area contributed by atoms with Crippen molar-refractivity contribution >= 4 is 32.5 Å². The van der Waals surface area contributed by atoms with Crippen molar-refractivity contribution in [1.82, 2.24) is 10.4 Å². The molecule has 0 saturated carbocycles. The Morgan fingerprint density at radius 2 is 1.24 bits per heavy atom. The molecule has 0 bridgehead atoms. The molecule has 0 fully saturated rings. The topological polar surface area (TPSA) is 48.1 Å². The molecule has 6 rings (SSSR count). The van der Waals surface area contributed by atoms with Crippen LogP contribution in [0.15, 0.2) is 120 Å². The van der Waals surface area contributed by atoms with E-state index in [1.54, 1.807) is 6.07 Å². The van der Waals surface area contributed by atoms with Gasteiger partial charge in [-0.2, -0.15) is 0 Å². The van der Waals surface area contributed by atoms with Gasteiger partial charge in [-0.3, -0.25) is 9.80 Å². The second-order valence-electron chi connectivity index (χ2n) is 8.46. The molecule has 0 aliphatic carbocycles. The molecule has 0 amide bonds. The molecule has 166 valence electrons. The monoisotopic (exact) mass is 507 g/mol. The lowest BCUT2D eigenvalue weighted by Crippen LogP contribution is -2.53. The van der Waals surface area contributed by atoms with Gasteiger partial charge in [-0.1, -0.05) is 107 Å². The summed E-state index contributed by atoms with van der Waals surface area (Å²) in [6.45, 7) is 0. The Bertz CT molecular complexity index is 1420. The number of H-pyrrole nitrogens is 1. The van der Waals surface area contributed by atoms with Crippen LogP contribution in [0.5, 0.6) is 0 Å². The Hall–Kier alpha value is -3.67. The van der Waals surface area contributed by atoms with Gasteiger partial charge in [-0.15, -0.1) is 0 Å². The molecule has 0 saturated heterocycles. The van der Waals surface area contributed by atoms with Crippen molar-refractivity contribution < 1.29 is 0 Å². The van der Waals surface area contributed by atoms with Crippen LogP contribution in [0.1, 0.15) is 27.2 Å². The van der Waals surface area contributed by atoms with E-state index in [-0.39, 0.29) is 10.5 Å². The number of hydrazine groups is 1. The first-order valence-corrected chi connectivity index (χ1v) is 12.1. The summed E-state index contributed by atoms with van der Waals surface area (Å²) in [5.74, 6) is 0. The number of aromatic nitrogens is 1. The number of anilines is 1.